The van der Waals surface area contributed by atoms with E-state index in [4.69, 9.17) is 17.3 Å². The summed E-state index contributed by atoms with van der Waals surface area (Å²) in [5.41, 5.74) is 11.7. The van der Waals surface area contributed by atoms with Crippen LogP contribution in [0.3, 0.4) is 0 Å². The molecular weight excluding hydrogens is 336 g/mol. The molecule has 4 N–H and O–H groups in total. The van der Waals surface area contributed by atoms with Crippen LogP contribution in [-0.4, -0.2) is 16.8 Å². The van der Waals surface area contributed by atoms with Crippen molar-refractivity contribution < 1.29 is 9.59 Å². The van der Waals surface area contributed by atoms with Gasteiger partial charge in [0.1, 0.15) is 0 Å². The van der Waals surface area contributed by atoms with Crippen molar-refractivity contribution in [2.75, 3.05) is 5.73 Å². The van der Waals surface area contributed by atoms with Gasteiger partial charge in [-0.05, 0) is 29.6 Å². The third-order valence-corrected chi connectivity index (χ3v) is 4.25. The van der Waals surface area contributed by atoms with E-state index in [-0.39, 0.29) is 11.3 Å². The van der Waals surface area contributed by atoms with Crippen molar-refractivity contribution in [2.24, 2.45) is 0 Å². The fourth-order valence-electron chi connectivity index (χ4n) is 2.02. The second kappa shape index (κ2) is 6.23. The Bertz CT molecular complexity index is 896. The molecule has 0 bridgehead atoms. The number of nitrogen functional groups attached to an aromatic ring is 1. The number of aromatic nitrogens is 1. The number of fused-ring (bicyclic) bond motifs is 1. The lowest BCUT2D eigenvalue weighted by Gasteiger charge is -2.10. The predicted octanol–water partition coefficient (Wildman–Crippen LogP) is 2.61. The molecule has 116 valence electrons. The number of hydrazine groups is 1. The third kappa shape index (κ3) is 3.10. The normalized spacial score (nSPS) is 10.5. The number of benzene rings is 1. The molecule has 3 rings (SSSR count). The summed E-state index contributed by atoms with van der Waals surface area (Å²) in [7, 11) is 0. The van der Waals surface area contributed by atoms with E-state index in [1.807, 2.05) is 0 Å². The van der Waals surface area contributed by atoms with Gasteiger partial charge in [-0.25, -0.2) is 0 Å². The summed E-state index contributed by atoms with van der Waals surface area (Å²) < 4.78 is 0. The molecule has 3 aromatic rings. The maximum Gasteiger partial charge on any atom is 0.279 e. The Morgan fingerprint density at radius 3 is 2.70 bits per heavy atom. The molecule has 0 saturated carbocycles. The van der Waals surface area contributed by atoms with Crippen molar-refractivity contribution in [3.63, 3.8) is 0 Å². The number of anilines is 1. The lowest BCUT2D eigenvalue weighted by Crippen LogP contribution is -2.41. The summed E-state index contributed by atoms with van der Waals surface area (Å²) in [5, 5.41) is 2.84. The van der Waals surface area contributed by atoms with Crippen LogP contribution in [0.1, 0.15) is 20.0 Å². The van der Waals surface area contributed by atoms with Gasteiger partial charge in [0, 0.05) is 16.6 Å². The highest BCUT2D eigenvalue weighted by Gasteiger charge is 2.15. The molecule has 0 aliphatic rings. The molecule has 1 aromatic carbocycles. The Balaban J connectivity index is 1.81. The zero-order valence-corrected chi connectivity index (χ0v) is 13.2. The van der Waals surface area contributed by atoms with Gasteiger partial charge >= 0.3 is 0 Å². The Labute approximate surface area is 140 Å². The van der Waals surface area contributed by atoms with Crippen LogP contribution in [0, 0.1) is 0 Å². The van der Waals surface area contributed by atoms with E-state index < -0.39 is 11.8 Å². The number of nitrogens with two attached hydrogens (primary N) is 1. The van der Waals surface area contributed by atoms with Gasteiger partial charge in [-0.2, -0.15) is 0 Å². The lowest BCUT2D eigenvalue weighted by molar-refractivity contribution is 0.0849. The number of carbonyl (C=O) groups excluding carboxylic acids is 2. The predicted molar refractivity (Wildman–Crippen MR) is 90.4 cm³/mol. The number of nitrogens with zero attached hydrogens (tertiary/aromatic N) is 1. The van der Waals surface area contributed by atoms with Crippen molar-refractivity contribution in [3.8, 4) is 0 Å². The molecular formula is C15H11ClN4O2S. The van der Waals surface area contributed by atoms with Gasteiger partial charge in [-0.3, -0.25) is 25.4 Å². The van der Waals surface area contributed by atoms with Crippen LogP contribution in [0.5, 0.6) is 0 Å². The Morgan fingerprint density at radius 2 is 1.96 bits per heavy atom. The molecule has 2 aromatic heterocycles. The number of carbonyl (C=O) groups is 2. The van der Waals surface area contributed by atoms with E-state index in [1.165, 1.54) is 17.5 Å². The average Bonchev–Trinajstić information content (AvgIpc) is 3.08. The number of halogens is 1. The van der Waals surface area contributed by atoms with E-state index >= 15 is 0 Å². The molecule has 0 aliphatic carbocycles. The second-order valence-corrected chi connectivity index (χ2v) is 6.02. The summed E-state index contributed by atoms with van der Waals surface area (Å²) >= 11 is 7.21. The first-order valence-electron chi connectivity index (χ1n) is 6.54. The monoisotopic (exact) mass is 346 g/mol. The number of hydrogen-bond acceptors (Lipinski definition) is 5. The molecule has 0 atom stereocenters. The topological polar surface area (TPSA) is 97.1 Å². The van der Waals surface area contributed by atoms with Crippen molar-refractivity contribution in [2.45, 2.75) is 0 Å². The smallest absolute Gasteiger partial charge is 0.279 e. The first-order valence-corrected chi connectivity index (χ1v) is 7.80. The van der Waals surface area contributed by atoms with E-state index in [0.29, 0.717) is 20.8 Å². The Hall–Kier alpha value is -2.64. The fourth-order valence-corrected chi connectivity index (χ4v) is 2.81. The third-order valence-electron chi connectivity index (χ3n) is 3.15. The molecule has 0 saturated heterocycles. The van der Waals surface area contributed by atoms with Crippen LogP contribution in [0.25, 0.3) is 10.9 Å². The fraction of sp³-hybridized carbons (Fsp3) is 0. The van der Waals surface area contributed by atoms with E-state index in [1.54, 1.807) is 35.7 Å². The van der Waals surface area contributed by atoms with Gasteiger partial charge < -0.3 is 5.73 Å². The summed E-state index contributed by atoms with van der Waals surface area (Å²) in [6.45, 7) is 0. The first-order chi connectivity index (χ1) is 11.1. The standard InChI is InChI=1S/C15H11ClN4O2S/c16-8-3-4-11-9(6-8)13(17)10(7-18-11)14(21)19-20-15(22)12-2-1-5-23-12/h1-7H,(H2,17,18)(H,19,21)(H,20,22). The molecule has 0 aliphatic heterocycles. The molecule has 8 heteroatoms. The quantitative estimate of drug-likeness (QED) is 0.621. The van der Waals surface area contributed by atoms with Crippen molar-refractivity contribution >= 4 is 51.3 Å². The van der Waals surface area contributed by atoms with Gasteiger partial charge in [0.05, 0.1) is 21.6 Å². The number of pyridine rings is 1. The Morgan fingerprint density at radius 1 is 1.17 bits per heavy atom. The molecule has 2 heterocycles. The molecule has 0 unspecified atom stereocenters. The van der Waals surface area contributed by atoms with Crippen LogP contribution in [-0.2, 0) is 0 Å². The largest absolute Gasteiger partial charge is 0.397 e. The first kappa shape index (κ1) is 15.3. The highest BCUT2D eigenvalue weighted by Crippen LogP contribution is 2.25. The second-order valence-electron chi connectivity index (χ2n) is 4.63. The summed E-state index contributed by atoms with van der Waals surface area (Å²) in [6.07, 6.45) is 1.36. The summed E-state index contributed by atoms with van der Waals surface area (Å²) in [4.78, 5) is 28.7. The number of hydrogen-bond donors (Lipinski definition) is 3. The molecule has 0 fully saturated rings. The lowest BCUT2D eigenvalue weighted by atomic mass is 10.1. The molecule has 23 heavy (non-hydrogen) atoms. The molecule has 6 nitrogen and oxygen atoms in total. The highest BCUT2D eigenvalue weighted by molar-refractivity contribution is 7.12. The van der Waals surface area contributed by atoms with Crippen LogP contribution >= 0.6 is 22.9 Å². The van der Waals surface area contributed by atoms with E-state index in [0.717, 1.165) is 0 Å². The minimum absolute atomic E-state index is 0.159. The minimum atomic E-state index is -0.554. The Kier molecular flexibility index (Phi) is 4.14. The van der Waals surface area contributed by atoms with Crippen LogP contribution in [0.15, 0.2) is 41.9 Å². The zero-order valence-electron chi connectivity index (χ0n) is 11.7. The molecule has 2 amide bonds. The minimum Gasteiger partial charge on any atom is -0.397 e. The van der Waals surface area contributed by atoms with Crippen LogP contribution in [0.4, 0.5) is 5.69 Å². The van der Waals surface area contributed by atoms with Gasteiger partial charge in [0.15, 0.2) is 0 Å². The number of rotatable bonds is 2. The van der Waals surface area contributed by atoms with Gasteiger partial charge in [-0.1, -0.05) is 17.7 Å². The van der Waals surface area contributed by atoms with Gasteiger partial charge in [-0.15, -0.1) is 11.3 Å². The van der Waals surface area contributed by atoms with Crippen molar-refractivity contribution in [1.82, 2.24) is 15.8 Å². The molecule has 0 radical (unpaired) electrons. The SMILES string of the molecule is Nc1c(C(=O)NNC(=O)c2cccs2)cnc2ccc(Cl)cc12. The number of thiophene rings is 1. The van der Waals surface area contributed by atoms with E-state index in [9.17, 15) is 9.59 Å². The van der Waals surface area contributed by atoms with Crippen molar-refractivity contribution in [1.29, 1.82) is 0 Å². The van der Waals surface area contributed by atoms with Crippen LogP contribution < -0.4 is 16.6 Å². The number of amides is 2. The maximum absolute atomic E-state index is 12.2. The highest BCUT2D eigenvalue weighted by atomic mass is 35.5. The van der Waals surface area contributed by atoms with Gasteiger partial charge in [0.2, 0.25) is 0 Å². The summed E-state index contributed by atoms with van der Waals surface area (Å²) in [6, 6.07) is 8.45. The summed E-state index contributed by atoms with van der Waals surface area (Å²) in [5.74, 6) is -0.953. The number of nitrogens with one attached hydrogen (secondary N) is 2. The van der Waals surface area contributed by atoms with Crippen molar-refractivity contribution in [3.05, 3.63) is 57.4 Å². The van der Waals surface area contributed by atoms with E-state index in [2.05, 4.69) is 15.8 Å². The average molecular weight is 347 g/mol. The van der Waals surface area contributed by atoms with Gasteiger partial charge in [0.25, 0.3) is 11.8 Å². The zero-order chi connectivity index (χ0) is 16.4. The molecule has 0 spiro atoms. The maximum atomic E-state index is 12.2. The van der Waals surface area contributed by atoms with Crippen LogP contribution in [0.2, 0.25) is 5.02 Å².